The summed E-state index contributed by atoms with van der Waals surface area (Å²) in [6.45, 7) is 4.30. The highest BCUT2D eigenvalue weighted by Crippen LogP contribution is 2.18. The molecule has 0 saturated carbocycles. The average molecular weight is 401 g/mol. The molecule has 0 unspecified atom stereocenters. The second-order valence-corrected chi connectivity index (χ2v) is 5.58. The van der Waals surface area contributed by atoms with Crippen LogP contribution in [0.25, 0.3) is 23.1 Å². The fourth-order valence-electron chi connectivity index (χ4n) is 2.59. The van der Waals surface area contributed by atoms with Gasteiger partial charge in [0.25, 0.3) is 0 Å². The first-order valence-corrected chi connectivity index (χ1v) is 7.28. The minimum absolute atomic E-state index is 0. The van der Waals surface area contributed by atoms with Gasteiger partial charge in [-0.25, -0.2) is 4.57 Å². The Morgan fingerprint density at radius 3 is 2.41 bits per heavy atom. The minimum atomic E-state index is 0. The first-order valence-electron chi connectivity index (χ1n) is 7.28. The summed E-state index contributed by atoms with van der Waals surface area (Å²) in [7, 11) is 2.08. The zero-order valence-electron chi connectivity index (χ0n) is 13.2. The van der Waals surface area contributed by atoms with Gasteiger partial charge < -0.3 is 24.0 Å². The maximum atomic E-state index is 2.23. The van der Waals surface area contributed by atoms with Crippen LogP contribution in [0.5, 0.6) is 0 Å². The third kappa shape index (κ3) is 3.38. The van der Waals surface area contributed by atoms with Crippen molar-refractivity contribution in [2.45, 2.75) is 13.8 Å². The molecule has 0 aliphatic heterocycles. The first kappa shape index (κ1) is 16.7. The van der Waals surface area contributed by atoms with Gasteiger partial charge in [0.1, 0.15) is 7.05 Å². The molecule has 0 amide bonds. The van der Waals surface area contributed by atoms with Gasteiger partial charge in [-0.2, -0.15) is 0 Å². The monoisotopic (exact) mass is 401 g/mol. The van der Waals surface area contributed by atoms with E-state index in [9.17, 15) is 0 Å². The summed E-state index contributed by atoms with van der Waals surface area (Å²) in [6.07, 6.45) is 6.50. The molecule has 0 bridgehead atoms. The predicted octanol–water partition coefficient (Wildman–Crippen LogP) is 1.46. The standard InChI is InChI=1S/C20H20N.HI/c1-15-8-9-17(14-16(15)2)10-11-18-12-13-21(3)20-7-5-4-6-19(18)20;/h4-14H,1-3H3;1H/q+1;/p-1/b11-10+;. The Hall–Kier alpha value is -1.68. The SMILES string of the molecule is Cc1ccc(/C=C/c2cc[n+](C)c3ccccc23)cc1C.[I-]. The van der Waals surface area contributed by atoms with Gasteiger partial charge in [-0.15, -0.1) is 0 Å². The second-order valence-electron chi connectivity index (χ2n) is 5.58. The van der Waals surface area contributed by atoms with Gasteiger partial charge >= 0.3 is 0 Å². The third-order valence-corrected chi connectivity index (χ3v) is 4.06. The number of nitrogens with zero attached hydrogens (tertiary/aromatic N) is 1. The van der Waals surface area contributed by atoms with Gasteiger partial charge in [0, 0.05) is 12.1 Å². The van der Waals surface area contributed by atoms with Gasteiger partial charge in [0.05, 0.1) is 5.39 Å². The summed E-state index contributed by atoms with van der Waals surface area (Å²) in [4.78, 5) is 0. The zero-order valence-corrected chi connectivity index (χ0v) is 15.3. The number of pyridine rings is 1. The van der Waals surface area contributed by atoms with E-state index in [0.29, 0.717) is 0 Å². The van der Waals surface area contributed by atoms with Crippen molar-refractivity contribution in [3.63, 3.8) is 0 Å². The van der Waals surface area contributed by atoms with E-state index in [-0.39, 0.29) is 24.0 Å². The number of para-hydroxylation sites is 1. The largest absolute Gasteiger partial charge is 1.00 e. The van der Waals surface area contributed by atoms with Crippen molar-refractivity contribution in [2.75, 3.05) is 0 Å². The van der Waals surface area contributed by atoms with Gasteiger partial charge in [-0.3, -0.25) is 0 Å². The smallest absolute Gasteiger partial charge is 0.212 e. The topological polar surface area (TPSA) is 3.88 Å². The molecule has 3 rings (SSSR count). The molecular weight excluding hydrogens is 381 g/mol. The fraction of sp³-hybridized carbons (Fsp3) is 0.150. The number of hydrogen-bond donors (Lipinski definition) is 0. The van der Waals surface area contributed by atoms with Crippen LogP contribution in [0.4, 0.5) is 0 Å². The van der Waals surface area contributed by atoms with Crippen LogP contribution in [-0.2, 0) is 7.05 Å². The van der Waals surface area contributed by atoms with Gasteiger partial charge in [-0.05, 0) is 42.2 Å². The highest BCUT2D eigenvalue weighted by molar-refractivity contribution is 5.88. The normalized spacial score (nSPS) is 10.9. The molecule has 1 heterocycles. The molecule has 0 radical (unpaired) electrons. The van der Waals surface area contributed by atoms with Crippen LogP contribution in [-0.4, -0.2) is 0 Å². The molecule has 2 aromatic carbocycles. The molecule has 0 aliphatic carbocycles. The molecule has 0 aliphatic rings. The molecule has 1 aromatic heterocycles. The van der Waals surface area contributed by atoms with Gasteiger partial charge in [0.15, 0.2) is 6.20 Å². The van der Waals surface area contributed by atoms with Crippen molar-refractivity contribution in [3.8, 4) is 0 Å². The maximum Gasteiger partial charge on any atom is 0.212 e. The molecule has 112 valence electrons. The Balaban J connectivity index is 0.00000176. The van der Waals surface area contributed by atoms with E-state index in [2.05, 4.69) is 92.3 Å². The molecule has 1 nitrogen and oxygen atoms in total. The van der Waals surface area contributed by atoms with Crippen molar-refractivity contribution in [1.82, 2.24) is 0 Å². The van der Waals surface area contributed by atoms with Crippen LogP contribution in [0.15, 0.2) is 54.7 Å². The van der Waals surface area contributed by atoms with E-state index in [1.54, 1.807) is 0 Å². The summed E-state index contributed by atoms with van der Waals surface area (Å²) in [6, 6.07) is 17.3. The molecule has 0 atom stereocenters. The second kappa shape index (κ2) is 7.05. The zero-order chi connectivity index (χ0) is 14.8. The molecule has 22 heavy (non-hydrogen) atoms. The molecule has 0 fully saturated rings. The maximum absolute atomic E-state index is 2.23. The number of rotatable bonds is 2. The van der Waals surface area contributed by atoms with E-state index in [4.69, 9.17) is 0 Å². The average Bonchev–Trinajstić information content (AvgIpc) is 2.50. The van der Waals surface area contributed by atoms with Gasteiger partial charge in [-0.1, -0.05) is 42.5 Å². The van der Waals surface area contributed by atoms with Crippen LogP contribution >= 0.6 is 0 Å². The molecule has 3 aromatic rings. The first-order chi connectivity index (χ1) is 10.1. The number of aryl methyl sites for hydroxylation is 3. The molecule has 0 spiro atoms. The van der Waals surface area contributed by atoms with Crippen LogP contribution in [0.1, 0.15) is 22.3 Å². The van der Waals surface area contributed by atoms with Crippen LogP contribution in [0.3, 0.4) is 0 Å². The fourth-order valence-corrected chi connectivity index (χ4v) is 2.59. The molecular formula is C20H20IN. The van der Waals surface area contributed by atoms with Crippen molar-refractivity contribution in [1.29, 1.82) is 0 Å². The molecule has 0 saturated heterocycles. The summed E-state index contributed by atoms with van der Waals surface area (Å²) in [5.74, 6) is 0. The number of halogens is 1. The van der Waals surface area contributed by atoms with E-state index in [0.717, 1.165) is 0 Å². The highest BCUT2D eigenvalue weighted by atomic mass is 127. The van der Waals surface area contributed by atoms with Gasteiger partial charge in [0.2, 0.25) is 5.52 Å². The lowest BCUT2D eigenvalue weighted by molar-refractivity contribution is -0.644. The van der Waals surface area contributed by atoms with Crippen LogP contribution in [0, 0.1) is 13.8 Å². The Morgan fingerprint density at radius 1 is 0.864 bits per heavy atom. The quantitative estimate of drug-likeness (QED) is 0.452. The van der Waals surface area contributed by atoms with Crippen molar-refractivity contribution < 1.29 is 28.5 Å². The van der Waals surface area contributed by atoms with E-state index in [1.165, 1.54) is 33.2 Å². The highest BCUT2D eigenvalue weighted by Gasteiger charge is 2.06. The lowest BCUT2D eigenvalue weighted by atomic mass is 10.0. The van der Waals surface area contributed by atoms with E-state index >= 15 is 0 Å². The number of benzene rings is 2. The van der Waals surface area contributed by atoms with Crippen LogP contribution < -0.4 is 28.5 Å². The summed E-state index contributed by atoms with van der Waals surface area (Å²) >= 11 is 0. The van der Waals surface area contributed by atoms with Crippen molar-refractivity contribution in [3.05, 3.63) is 77.0 Å². The number of fused-ring (bicyclic) bond motifs is 1. The predicted molar refractivity (Wildman–Crippen MR) is 90.0 cm³/mol. The number of aromatic nitrogens is 1. The summed E-state index contributed by atoms with van der Waals surface area (Å²) in [5, 5.41) is 1.28. The third-order valence-electron chi connectivity index (χ3n) is 4.06. The number of hydrogen-bond acceptors (Lipinski definition) is 0. The Kier molecular flexibility index (Phi) is 5.35. The Morgan fingerprint density at radius 2 is 1.64 bits per heavy atom. The summed E-state index contributed by atoms with van der Waals surface area (Å²) < 4.78 is 2.16. The van der Waals surface area contributed by atoms with Crippen molar-refractivity contribution in [2.24, 2.45) is 7.05 Å². The molecule has 0 N–H and O–H groups in total. The minimum Gasteiger partial charge on any atom is -1.00 e. The van der Waals surface area contributed by atoms with E-state index < -0.39 is 0 Å². The Labute approximate surface area is 149 Å². The lowest BCUT2D eigenvalue weighted by Crippen LogP contribution is -3.00. The summed E-state index contributed by atoms with van der Waals surface area (Å²) in [5.41, 5.74) is 6.42. The van der Waals surface area contributed by atoms with Crippen molar-refractivity contribution >= 4 is 23.1 Å². The lowest BCUT2D eigenvalue weighted by Gasteiger charge is -2.02. The molecule has 2 heteroatoms. The Bertz CT molecular complexity index is 834. The van der Waals surface area contributed by atoms with E-state index in [1.807, 2.05) is 0 Å². The van der Waals surface area contributed by atoms with Crippen LogP contribution in [0.2, 0.25) is 0 Å².